The van der Waals surface area contributed by atoms with Gasteiger partial charge in [0.2, 0.25) is 10.0 Å². The minimum atomic E-state index is -3.43. The highest BCUT2D eigenvalue weighted by atomic mass is 32.2. The van der Waals surface area contributed by atoms with Gasteiger partial charge in [0, 0.05) is 6.61 Å². The fourth-order valence-corrected chi connectivity index (χ4v) is 3.04. The Morgan fingerprint density at radius 1 is 1.41 bits per heavy atom. The van der Waals surface area contributed by atoms with Crippen molar-refractivity contribution in [3.05, 3.63) is 29.8 Å². The molecule has 0 unspecified atom stereocenters. The number of para-hydroxylation sites is 1. The molecule has 0 aliphatic carbocycles. The number of hydrogen-bond acceptors (Lipinski definition) is 4. The maximum atomic E-state index is 12.4. The van der Waals surface area contributed by atoms with E-state index in [9.17, 15) is 13.2 Å². The molecule has 122 valence electrons. The van der Waals surface area contributed by atoms with Gasteiger partial charge in [-0.3, -0.25) is 9.52 Å². The molecule has 1 aromatic carbocycles. The molecule has 0 aromatic heterocycles. The molecular weight excluding hydrogens is 304 g/mol. The fraction of sp³-hybridized carbons (Fsp3) is 0.533. The minimum absolute atomic E-state index is 0.0171. The number of benzene rings is 1. The molecular formula is C15H22N2O4S. The van der Waals surface area contributed by atoms with E-state index in [-0.39, 0.29) is 23.8 Å². The lowest BCUT2D eigenvalue weighted by Gasteiger charge is -2.21. The molecule has 7 heteroatoms. The van der Waals surface area contributed by atoms with Gasteiger partial charge in [-0.1, -0.05) is 12.1 Å². The summed E-state index contributed by atoms with van der Waals surface area (Å²) < 4.78 is 31.4. The first-order valence-corrected chi connectivity index (χ1v) is 9.10. The molecule has 1 aliphatic rings. The molecule has 2 atom stereocenters. The molecule has 2 N–H and O–H groups in total. The SMILES string of the molecule is CCS(=O)(=O)Nc1ccccc1C(=O)N[C@@H](C)[C@H]1CCCO1. The van der Waals surface area contributed by atoms with E-state index in [2.05, 4.69) is 10.0 Å². The van der Waals surface area contributed by atoms with Crippen molar-refractivity contribution in [3.8, 4) is 0 Å². The predicted molar refractivity (Wildman–Crippen MR) is 85.4 cm³/mol. The first-order valence-electron chi connectivity index (χ1n) is 7.45. The van der Waals surface area contributed by atoms with E-state index in [1.54, 1.807) is 31.2 Å². The third-order valence-corrected chi connectivity index (χ3v) is 4.99. The van der Waals surface area contributed by atoms with Crippen LogP contribution in [0.2, 0.25) is 0 Å². The van der Waals surface area contributed by atoms with Gasteiger partial charge in [-0.05, 0) is 38.8 Å². The molecule has 22 heavy (non-hydrogen) atoms. The van der Waals surface area contributed by atoms with Crippen LogP contribution in [0.4, 0.5) is 5.69 Å². The van der Waals surface area contributed by atoms with Crippen molar-refractivity contribution in [2.45, 2.75) is 38.8 Å². The van der Waals surface area contributed by atoms with E-state index in [4.69, 9.17) is 4.74 Å². The molecule has 0 spiro atoms. The zero-order valence-electron chi connectivity index (χ0n) is 12.8. The fourth-order valence-electron chi connectivity index (χ4n) is 2.38. The van der Waals surface area contributed by atoms with Crippen molar-refractivity contribution in [2.75, 3.05) is 17.1 Å². The molecule has 2 rings (SSSR count). The number of rotatable bonds is 6. The molecule has 6 nitrogen and oxygen atoms in total. The summed E-state index contributed by atoms with van der Waals surface area (Å²) >= 11 is 0. The number of carbonyl (C=O) groups excluding carboxylic acids is 1. The average molecular weight is 326 g/mol. The van der Waals surface area contributed by atoms with E-state index >= 15 is 0 Å². The van der Waals surface area contributed by atoms with E-state index in [1.165, 1.54) is 0 Å². The molecule has 1 aliphatic heterocycles. The summed E-state index contributed by atoms with van der Waals surface area (Å²) in [5, 5.41) is 2.88. The summed E-state index contributed by atoms with van der Waals surface area (Å²) in [6.45, 7) is 4.16. The Hall–Kier alpha value is -1.60. The van der Waals surface area contributed by atoms with Crippen LogP contribution in [0.5, 0.6) is 0 Å². The zero-order chi connectivity index (χ0) is 16.2. The molecule has 1 fully saturated rings. The van der Waals surface area contributed by atoms with Crippen LogP contribution in [0.3, 0.4) is 0 Å². The monoisotopic (exact) mass is 326 g/mol. The first-order chi connectivity index (χ1) is 10.4. The predicted octanol–water partition coefficient (Wildman–Crippen LogP) is 1.75. The minimum Gasteiger partial charge on any atom is -0.376 e. The Kier molecular flexibility index (Phi) is 5.42. The van der Waals surface area contributed by atoms with Gasteiger partial charge in [0.15, 0.2) is 0 Å². The van der Waals surface area contributed by atoms with Gasteiger partial charge < -0.3 is 10.1 Å². The van der Waals surface area contributed by atoms with Crippen molar-refractivity contribution in [1.82, 2.24) is 5.32 Å². The van der Waals surface area contributed by atoms with E-state index in [0.29, 0.717) is 11.3 Å². The lowest BCUT2D eigenvalue weighted by molar-refractivity contribution is 0.0713. The normalized spacial score (nSPS) is 19.6. The summed E-state index contributed by atoms with van der Waals surface area (Å²) in [7, 11) is -3.43. The summed E-state index contributed by atoms with van der Waals surface area (Å²) in [6.07, 6.45) is 1.94. The molecule has 1 heterocycles. The third-order valence-electron chi connectivity index (χ3n) is 3.70. The summed E-state index contributed by atoms with van der Waals surface area (Å²) in [5.74, 6) is -0.354. The van der Waals surface area contributed by atoms with Crippen LogP contribution >= 0.6 is 0 Å². The van der Waals surface area contributed by atoms with Gasteiger partial charge in [0.1, 0.15) is 0 Å². The van der Waals surface area contributed by atoms with Crippen LogP contribution in [0.15, 0.2) is 24.3 Å². The van der Waals surface area contributed by atoms with Gasteiger partial charge >= 0.3 is 0 Å². The number of ether oxygens (including phenoxy) is 1. The number of amides is 1. The highest BCUT2D eigenvalue weighted by Crippen LogP contribution is 2.19. The van der Waals surface area contributed by atoms with Crippen molar-refractivity contribution < 1.29 is 17.9 Å². The van der Waals surface area contributed by atoms with Crippen molar-refractivity contribution >= 4 is 21.6 Å². The summed E-state index contributed by atoms with van der Waals surface area (Å²) in [4.78, 5) is 12.4. The van der Waals surface area contributed by atoms with Crippen LogP contribution in [-0.4, -0.2) is 38.8 Å². The van der Waals surface area contributed by atoms with Crippen LogP contribution < -0.4 is 10.0 Å². The number of nitrogens with one attached hydrogen (secondary N) is 2. The van der Waals surface area contributed by atoms with Gasteiger partial charge in [0.05, 0.1) is 29.1 Å². The Morgan fingerprint density at radius 3 is 2.77 bits per heavy atom. The van der Waals surface area contributed by atoms with Gasteiger partial charge in [-0.15, -0.1) is 0 Å². The van der Waals surface area contributed by atoms with Crippen LogP contribution in [0, 0.1) is 0 Å². The Labute approximate surface area is 131 Å². The Bertz CT molecular complexity index is 624. The highest BCUT2D eigenvalue weighted by molar-refractivity contribution is 7.92. The van der Waals surface area contributed by atoms with E-state index < -0.39 is 10.0 Å². The molecule has 1 amide bonds. The maximum Gasteiger partial charge on any atom is 0.253 e. The molecule has 0 bridgehead atoms. The van der Waals surface area contributed by atoms with Crippen molar-refractivity contribution in [3.63, 3.8) is 0 Å². The topological polar surface area (TPSA) is 84.5 Å². The summed E-state index contributed by atoms with van der Waals surface area (Å²) in [5.41, 5.74) is 0.603. The summed E-state index contributed by atoms with van der Waals surface area (Å²) in [6, 6.07) is 6.46. The second-order valence-electron chi connectivity index (χ2n) is 5.36. The quantitative estimate of drug-likeness (QED) is 0.834. The second-order valence-corrected chi connectivity index (χ2v) is 7.38. The number of hydrogen-bond donors (Lipinski definition) is 2. The molecule has 1 aromatic rings. The first kappa shape index (κ1) is 16.8. The van der Waals surface area contributed by atoms with E-state index in [1.807, 2.05) is 6.92 Å². The average Bonchev–Trinajstić information content (AvgIpc) is 3.01. The number of anilines is 1. The van der Waals surface area contributed by atoms with E-state index in [0.717, 1.165) is 19.4 Å². The molecule has 0 radical (unpaired) electrons. The standard InChI is InChI=1S/C15H22N2O4S/c1-3-22(19,20)17-13-8-5-4-7-12(13)15(18)16-11(2)14-9-6-10-21-14/h4-5,7-8,11,14,17H,3,6,9-10H2,1-2H3,(H,16,18)/t11-,14+/m0/s1. The third kappa shape index (κ3) is 4.20. The lowest BCUT2D eigenvalue weighted by atomic mass is 10.1. The van der Waals surface area contributed by atoms with Crippen LogP contribution in [-0.2, 0) is 14.8 Å². The molecule has 0 saturated carbocycles. The zero-order valence-corrected chi connectivity index (χ0v) is 13.7. The highest BCUT2D eigenvalue weighted by Gasteiger charge is 2.25. The van der Waals surface area contributed by atoms with Crippen molar-refractivity contribution in [1.29, 1.82) is 0 Å². The van der Waals surface area contributed by atoms with Crippen LogP contribution in [0.1, 0.15) is 37.0 Å². The number of sulfonamides is 1. The van der Waals surface area contributed by atoms with Crippen LogP contribution in [0.25, 0.3) is 0 Å². The second kappa shape index (κ2) is 7.11. The Morgan fingerprint density at radius 2 is 2.14 bits per heavy atom. The number of carbonyl (C=O) groups is 1. The maximum absolute atomic E-state index is 12.4. The Balaban J connectivity index is 2.12. The van der Waals surface area contributed by atoms with Crippen molar-refractivity contribution in [2.24, 2.45) is 0 Å². The van der Waals surface area contributed by atoms with Gasteiger partial charge in [-0.25, -0.2) is 8.42 Å². The lowest BCUT2D eigenvalue weighted by Crippen LogP contribution is -2.41. The largest absolute Gasteiger partial charge is 0.376 e. The van der Waals surface area contributed by atoms with Gasteiger partial charge in [-0.2, -0.15) is 0 Å². The smallest absolute Gasteiger partial charge is 0.253 e. The van der Waals surface area contributed by atoms with Gasteiger partial charge in [0.25, 0.3) is 5.91 Å². The molecule has 1 saturated heterocycles.